The van der Waals surface area contributed by atoms with Crippen molar-refractivity contribution in [3.05, 3.63) is 89.3 Å². The van der Waals surface area contributed by atoms with Crippen LogP contribution < -0.4 is 5.73 Å². The van der Waals surface area contributed by atoms with Crippen LogP contribution in [0.15, 0.2) is 78.2 Å². The maximum atomic E-state index is 6.19. The van der Waals surface area contributed by atoms with Gasteiger partial charge >= 0.3 is 0 Å². The smallest absolute Gasteiger partial charge is 0.0451 e. The van der Waals surface area contributed by atoms with Gasteiger partial charge in [-0.15, -0.1) is 11.8 Å². The standard InChI is InChI=1S/C19H17NS/c20-19(14-21-13-15-6-2-1-3-7-15)18-11-10-16-8-4-5-9-17(16)12-18/h1-12,14H,13,20H2/b19-14-. The van der Waals surface area contributed by atoms with E-state index in [1.54, 1.807) is 11.8 Å². The van der Waals surface area contributed by atoms with Gasteiger partial charge in [0.1, 0.15) is 0 Å². The van der Waals surface area contributed by atoms with Gasteiger partial charge in [0.25, 0.3) is 0 Å². The molecule has 0 aliphatic carbocycles. The van der Waals surface area contributed by atoms with Crippen molar-refractivity contribution in [3.8, 4) is 0 Å². The van der Waals surface area contributed by atoms with E-state index in [-0.39, 0.29) is 0 Å². The van der Waals surface area contributed by atoms with E-state index in [9.17, 15) is 0 Å². The van der Waals surface area contributed by atoms with Gasteiger partial charge in [-0.3, -0.25) is 0 Å². The first-order valence-corrected chi connectivity index (χ1v) is 7.98. The monoisotopic (exact) mass is 291 g/mol. The van der Waals surface area contributed by atoms with Crippen molar-refractivity contribution < 1.29 is 0 Å². The Balaban J connectivity index is 1.73. The molecule has 0 bridgehead atoms. The van der Waals surface area contributed by atoms with E-state index >= 15 is 0 Å². The highest BCUT2D eigenvalue weighted by Crippen LogP contribution is 2.22. The summed E-state index contributed by atoms with van der Waals surface area (Å²) in [5.41, 5.74) is 9.40. The molecular formula is C19H17NS. The Hall–Kier alpha value is -2.19. The number of benzene rings is 3. The minimum Gasteiger partial charge on any atom is -0.398 e. The third kappa shape index (κ3) is 3.47. The van der Waals surface area contributed by atoms with Crippen LogP contribution in [0.3, 0.4) is 0 Å². The van der Waals surface area contributed by atoms with Gasteiger partial charge in [-0.05, 0) is 33.4 Å². The third-order valence-corrected chi connectivity index (χ3v) is 4.31. The summed E-state index contributed by atoms with van der Waals surface area (Å²) in [4.78, 5) is 0. The van der Waals surface area contributed by atoms with E-state index in [0.717, 1.165) is 17.0 Å². The highest BCUT2D eigenvalue weighted by Gasteiger charge is 1.99. The summed E-state index contributed by atoms with van der Waals surface area (Å²) >= 11 is 1.73. The molecule has 0 atom stereocenters. The molecule has 21 heavy (non-hydrogen) atoms. The fraction of sp³-hybridized carbons (Fsp3) is 0.0526. The molecule has 2 N–H and O–H groups in total. The molecule has 3 aromatic carbocycles. The zero-order valence-electron chi connectivity index (χ0n) is 11.7. The summed E-state index contributed by atoms with van der Waals surface area (Å²) in [5.74, 6) is 0.940. The zero-order valence-corrected chi connectivity index (χ0v) is 12.5. The lowest BCUT2D eigenvalue weighted by molar-refractivity contribution is 1.42. The Labute approximate surface area is 129 Å². The van der Waals surface area contributed by atoms with Gasteiger partial charge in [0.2, 0.25) is 0 Å². The van der Waals surface area contributed by atoms with Crippen molar-refractivity contribution in [2.75, 3.05) is 0 Å². The SMILES string of the molecule is N/C(=C\SCc1ccccc1)c1ccc2ccccc2c1. The van der Waals surface area contributed by atoms with Crippen LogP contribution in [0.1, 0.15) is 11.1 Å². The molecule has 0 radical (unpaired) electrons. The normalized spacial score (nSPS) is 11.7. The molecule has 104 valence electrons. The second kappa shape index (κ2) is 6.51. The Morgan fingerprint density at radius 1 is 0.857 bits per heavy atom. The van der Waals surface area contributed by atoms with E-state index in [4.69, 9.17) is 5.73 Å². The molecule has 2 heteroatoms. The fourth-order valence-electron chi connectivity index (χ4n) is 2.24. The van der Waals surface area contributed by atoms with Crippen LogP contribution in [0.2, 0.25) is 0 Å². The van der Waals surface area contributed by atoms with Crippen LogP contribution in [-0.4, -0.2) is 0 Å². The fourth-order valence-corrected chi connectivity index (χ4v) is 3.02. The average Bonchev–Trinajstić information content (AvgIpc) is 2.55. The first-order valence-electron chi connectivity index (χ1n) is 6.93. The zero-order chi connectivity index (χ0) is 14.5. The number of hydrogen-bond acceptors (Lipinski definition) is 2. The van der Waals surface area contributed by atoms with E-state index in [0.29, 0.717) is 0 Å². The molecule has 3 rings (SSSR count). The second-order valence-corrected chi connectivity index (χ2v) is 5.79. The molecule has 0 saturated carbocycles. The molecular weight excluding hydrogens is 274 g/mol. The molecule has 0 aromatic heterocycles. The summed E-state index contributed by atoms with van der Waals surface area (Å²) in [6, 6.07) is 25.1. The van der Waals surface area contributed by atoms with Crippen LogP contribution in [-0.2, 0) is 5.75 Å². The maximum Gasteiger partial charge on any atom is 0.0451 e. The summed E-state index contributed by atoms with van der Waals surface area (Å²) in [6.45, 7) is 0. The number of nitrogens with two attached hydrogens (primary N) is 1. The van der Waals surface area contributed by atoms with Gasteiger partial charge in [0.05, 0.1) is 0 Å². The van der Waals surface area contributed by atoms with Crippen molar-refractivity contribution in [3.63, 3.8) is 0 Å². The van der Waals surface area contributed by atoms with E-state index in [2.05, 4.69) is 66.7 Å². The number of thioether (sulfide) groups is 1. The lowest BCUT2D eigenvalue weighted by atomic mass is 10.1. The molecule has 1 nitrogen and oxygen atoms in total. The molecule has 3 aromatic rings. The second-order valence-electron chi connectivity index (χ2n) is 4.93. The lowest BCUT2D eigenvalue weighted by Crippen LogP contribution is -1.95. The van der Waals surface area contributed by atoms with Crippen LogP contribution >= 0.6 is 11.8 Å². The predicted octanol–water partition coefficient (Wildman–Crippen LogP) is 5.03. The first kappa shape index (κ1) is 13.8. The summed E-state index contributed by atoms with van der Waals surface area (Å²) in [5, 5.41) is 4.50. The van der Waals surface area contributed by atoms with Crippen LogP contribution in [0, 0.1) is 0 Å². The van der Waals surface area contributed by atoms with Gasteiger partial charge in [0, 0.05) is 11.4 Å². The molecule has 0 fully saturated rings. The summed E-state index contributed by atoms with van der Waals surface area (Å²) in [6.07, 6.45) is 0. The van der Waals surface area contributed by atoms with E-state index in [1.807, 2.05) is 11.5 Å². The maximum absolute atomic E-state index is 6.19. The molecule has 0 unspecified atom stereocenters. The average molecular weight is 291 g/mol. The lowest BCUT2D eigenvalue weighted by Gasteiger charge is -2.04. The minimum absolute atomic E-state index is 0.821. The third-order valence-electron chi connectivity index (χ3n) is 3.39. The quantitative estimate of drug-likeness (QED) is 0.729. The van der Waals surface area contributed by atoms with Gasteiger partial charge in [-0.2, -0.15) is 0 Å². The number of hydrogen-bond donors (Lipinski definition) is 1. The molecule has 0 aliphatic heterocycles. The Morgan fingerprint density at radius 3 is 2.38 bits per heavy atom. The molecule has 0 amide bonds. The van der Waals surface area contributed by atoms with Crippen molar-refractivity contribution >= 4 is 28.2 Å². The summed E-state index contributed by atoms with van der Waals surface area (Å²) in [7, 11) is 0. The van der Waals surface area contributed by atoms with E-state index < -0.39 is 0 Å². The highest BCUT2D eigenvalue weighted by molar-refractivity contribution is 8.01. The first-order chi connectivity index (χ1) is 10.3. The minimum atomic E-state index is 0.821. The Bertz CT molecular complexity index is 763. The molecule has 0 heterocycles. The molecule has 0 aliphatic rings. The van der Waals surface area contributed by atoms with Crippen LogP contribution in [0.25, 0.3) is 16.5 Å². The number of fused-ring (bicyclic) bond motifs is 1. The van der Waals surface area contributed by atoms with Crippen LogP contribution in [0.5, 0.6) is 0 Å². The van der Waals surface area contributed by atoms with Gasteiger partial charge in [-0.1, -0.05) is 66.7 Å². The Kier molecular flexibility index (Phi) is 4.27. The van der Waals surface area contributed by atoms with Gasteiger partial charge < -0.3 is 5.73 Å². The molecule has 0 saturated heterocycles. The highest BCUT2D eigenvalue weighted by atomic mass is 32.2. The largest absolute Gasteiger partial charge is 0.398 e. The molecule has 0 spiro atoms. The number of rotatable bonds is 4. The van der Waals surface area contributed by atoms with Crippen molar-refractivity contribution in [1.29, 1.82) is 0 Å². The topological polar surface area (TPSA) is 26.0 Å². The van der Waals surface area contributed by atoms with Crippen molar-refractivity contribution in [2.45, 2.75) is 5.75 Å². The van der Waals surface area contributed by atoms with Gasteiger partial charge in [-0.25, -0.2) is 0 Å². The van der Waals surface area contributed by atoms with Gasteiger partial charge in [0.15, 0.2) is 0 Å². The van der Waals surface area contributed by atoms with E-state index in [1.165, 1.54) is 16.3 Å². The van der Waals surface area contributed by atoms with Crippen molar-refractivity contribution in [1.82, 2.24) is 0 Å². The Morgan fingerprint density at radius 2 is 1.57 bits per heavy atom. The summed E-state index contributed by atoms with van der Waals surface area (Å²) < 4.78 is 0. The predicted molar refractivity (Wildman–Crippen MR) is 93.8 cm³/mol. The van der Waals surface area contributed by atoms with Crippen LogP contribution in [0.4, 0.5) is 0 Å². The van der Waals surface area contributed by atoms with Crippen molar-refractivity contribution in [2.24, 2.45) is 5.73 Å².